The molecule has 200 valence electrons. The molecule has 1 aliphatic rings. The summed E-state index contributed by atoms with van der Waals surface area (Å²) in [7, 11) is 2.16. The van der Waals surface area contributed by atoms with Gasteiger partial charge in [0.25, 0.3) is 0 Å². The Kier molecular flexibility index (Phi) is 4.85. The van der Waals surface area contributed by atoms with E-state index in [0.717, 1.165) is 33.3 Å². The number of anilines is 2. The molecular formula is C38H27N3O. The number of hydrogen-bond donors (Lipinski definition) is 1. The molecule has 1 N–H and O–H groups in total. The van der Waals surface area contributed by atoms with Crippen molar-refractivity contribution < 1.29 is 4.42 Å². The van der Waals surface area contributed by atoms with E-state index in [4.69, 9.17) is 4.42 Å². The summed E-state index contributed by atoms with van der Waals surface area (Å²) in [6, 6.07) is 47.7. The number of nitrogens with zero attached hydrogens (tertiary/aromatic N) is 2. The number of para-hydroxylation sites is 2. The molecule has 0 saturated heterocycles. The van der Waals surface area contributed by atoms with E-state index in [2.05, 4.69) is 143 Å². The van der Waals surface area contributed by atoms with Crippen LogP contribution in [-0.2, 0) is 0 Å². The number of furan rings is 1. The Labute approximate surface area is 243 Å². The third-order valence-corrected chi connectivity index (χ3v) is 8.78. The summed E-state index contributed by atoms with van der Waals surface area (Å²) >= 11 is 0. The molecule has 0 spiro atoms. The zero-order valence-corrected chi connectivity index (χ0v) is 23.1. The lowest BCUT2D eigenvalue weighted by Gasteiger charge is -2.22. The van der Waals surface area contributed by atoms with E-state index < -0.39 is 0 Å². The van der Waals surface area contributed by atoms with E-state index in [-0.39, 0.29) is 6.17 Å². The monoisotopic (exact) mass is 541 g/mol. The van der Waals surface area contributed by atoms with Crippen molar-refractivity contribution >= 4 is 55.1 Å². The van der Waals surface area contributed by atoms with Crippen LogP contribution in [0.15, 0.2) is 138 Å². The molecule has 1 aliphatic heterocycles. The van der Waals surface area contributed by atoms with E-state index in [1.807, 2.05) is 12.1 Å². The zero-order valence-electron chi connectivity index (χ0n) is 23.1. The summed E-state index contributed by atoms with van der Waals surface area (Å²) in [6.07, 6.45) is 0.122. The van der Waals surface area contributed by atoms with Crippen LogP contribution in [0.3, 0.4) is 0 Å². The maximum absolute atomic E-state index is 6.26. The molecule has 42 heavy (non-hydrogen) atoms. The van der Waals surface area contributed by atoms with Gasteiger partial charge in [-0.1, -0.05) is 84.9 Å². The van der Waals surface area contributed by atoms with Crippen molar-refractivity contribution in [1.29, 1.82) is 0 Å². The van der Waals surface area contributed by atoms with Crippen LogP contribution in [-0.4, -0.2) is 11.6 Å². The first-order valence-corrected chi connectivity index (χ1v) is 14.4. The molecule has 4 nitrogen and oxygen atoms in total. The minimum atomic E-state index is 0.122. The van der Waals surface area contributed by atoms with Crippen LogP contribution >= 0.6 is 0 Å². The first-order chi connectivity index (χ1) is 20.7. The maximum atomic E-state index is 6.26. The van der Waals surface area contributed by atoms with E-state index in [9.17, 15) is 0 Å². The standard InChI is InChI=1S/C38H27N3O/c1-40-35-21-26(18-19-32(35)39-38(40)24-10-3-2-4-11-24)25-12-9-13-27(20-25)41-33-16-7-5-14-28(33)30-23-37-31(22-34(30)41)29-15-6-8-17-36(29)42-37/h2-23,38-39H,1H3. The third kappa shape index (κ3) is 3.36. The molecule has 2 aromatic heterocycles. The fourth-order valence-corrected chi connectivity index (χ4v) is 6.74. The number of fused-ring (bicyclic) bond motifs is 7. The lowest BCUT2D eigenvalue weighted by molar-refractivity contribution is 0.669. The molecule has 6 aromatic carbocycles. The Morgan fingerprint density at radius 2 is 1.36 bits per heavy atom. The molecule has 0 fully saturated rings. The van der Waals surface area contributed by atoms with Gasteiger partial charge in [-0.05, 0) is 65.2 Å². The Balaban J connectivity index is 1.20. The maximum Gasteiger partial charge on any atom is 0.136 e. The van der Waals surface area contributed by atoms with Gasteiger partial charge in [0.1, 0.15) is 17.3 Å². The van der Waals surface area contributed by atoms with Gasteiger partial charge in [-0.25, -0.2) is 0 Å². The van der Waals surface area contributed by atoms with Crippen molar-refractivity contribution in [3.63, 3.8) is 0 Å². The Bertz CT molecular complexity index is 2310. The van der Waals surface area contributed by atoms with Crippen LogP contribution in [0.5, 0.6) is 0 Å². The molecule has 1 unspecified atom stereocenters. The number of hydrogen-bond acceptors (Lipinski definition) is 3. The summed E-state index contributed by atoms with van der Waals surface area (Å²) in [6.45, 7) is 0. The molecule has 0 amide bonds. The van der Waals surface area contributed by atoms with Crippen molar-refractivity contribution in [3.8, 4) is 16.8 Å². The molecule has 3 heterocycles. The molecular weight excluding hydrogens is 514 g/mol. The fourth-order valence-electron chi connectivity index (χ4n) is 6.74. The van der Waals surface area contributed by atoms with Crippen LogP contribution < -0.4 is 10.2 Å². The highest BCUT2D eigenvalue weighted by Crippen LogP contribution is 2.43. The average Bonchev–Trinajstić information content (AvgIpc) is 3.69. The SMILES string of the molecule is CN1c2cc(-c3cccc(-n4c5ccccc5c5cc6oc7ccccc7c6cc54)c3)ccc2NC1c1ccccc1. The molecule has 1 atom stereocenters. The molecule has 0 radical (unpaired) electrons. The highest BCUT2D eigenvalue weighted by molar-refractivity contribution is 6.17. The van der Waals surface area contributed by atoms with Gasteiger partial charge in [0.15, 0.2) is 0 Å². The van der Waals surface area contributed by atoms with Crippen LogP contribution in [0.25, 0.3) is 60.6 Å². The molecule has 4 heteroatoms. The Morgan fingerprint density at radius 1 is 0.571 bits per heavy atom. The van der Waals surface area contributed by atoms with Crippen LogP contribution in [0.1, 0.15) is 11.7 Å². The second kappa shape index (κ2) is 8.76. The summed E-state index contributed by atoms with van der Waals surface area (Å²) in [4.78, 5) is 2.32. The largest absolute Gasteiger partial charge is 0.456 e. The van der Waals surface area contributed by atoms with Gasteiger partial charge in [0.05, 0.1) is 22.4 Å². The quantitative estimate of drug-likeness (QED) is 0.242. The van der Waals surface area contributed by atoms with Crippen molar-refractivity contribution in [2.75, 3.05) is 17.3 Å². The Morgan fingerprint density at radius 3 is 2.26 bits per heavy atom. The van der Waals surface area contributed by atoms with Gasteiger partial charge >= 0.3 is 0 Å². The first-order valence-electron chi connectivity index (χ1n) is 14.4. The van der Waals surface area contributed by atoms with Crippen molar-refractivity contribution in [1.82, 2.24) is 4.57 Å². The van der Waals surface area contributed by atoms with Gasteiger partial charge in [0, 0.05) is 34.3 Å². The molecule has 9 rings (SSSR count). The van der Waals surface area contributed by atoms with Gasteiger partial charge in [0.2, 0.25) is 0 Å². The highest BCUT2D eigenvalue weighted by atomic mass is 16.3. The molecule has 0 saturated carbocycles. The van der Waals surface area contributed by atoms with Crippen molar-refractivity contribution in [2.24, 2.45) is 0 Å². The van der Waals surface area contributed by atoms with E-state index in [1.165, 1.54) is 44.2 Å². The first kappa shape index (κ1) is 23.2. The minimum Gasteiger partial charge on any atom is -0.456 e. The fraction of sp³-hybridized carbons (Fsp3) is 0.0526. The second-order valence-corrected chi connectivity index (χ2v) is 11.2. The van der Waals surface area contributed by atoms with Gasteiger partial charge < -0.3 is 19.2 Å². The summed E-state index contributed by atoms with van der Waals surface area (Å²) in [5, 5.41) is 8.39. The zero-order chi connectivity index (χ0) is 27.8. The van der Waals surface area contributed by atoms with E-state index >= 15 is 0 Å². The third-order valence-electron chi connectivity index (χ3n) is 8.78. The number of benzene rings is 6. The molecule has 0 aliphatic carbocycles. The number of rotatable bonds is 3. The normalized spacial score (nSPS) is 14.7. The topological polar surface area (TPSA) is 33.3 Å². The summed E-state index contributed by atoms with van der Waals surface area (Å²) in [5.41, 5.74) is 11.3. The average molecular weight is 542 g/mol. The second-order valence-electron chi connectivity index (χ2n) is 11.2. The van der Waals surface area contributed by atoms with Gasteiger partial charge in [-0.2, -0.15) is 0 Å². The van der Waals surface area contributed by atoms with Crippen molar-refractivity contribution in [3.05, 3.63) is 139 Å². The lowest BCUT2D eigenvalue weighted by Crippen LogP contribution is -2.23. The smallest absolute Gasteiger partial charge is 0.136 e. The summed E-state index contributed by atoms with van der Waals surface area (Å²) in [5.74, 6) is 0. The predicted molar refractivity (Wildman–Crippen MR) is 175 cm³/mol. The van der Waals surface area contributed by atoms with Crippen LogP contribution in [0.2, 0.25) is 0 Å². The Hall–Kier alpha value is -5.48. The highest BCUT2D eigenvalue weighted by Gasteiger charge is 2.27. The molecule has 0 bridgehead atoms. The van der Waals surface area contributed by atoms with Crippen molar-refractivity contribution in [2.45, 2.75) is 6.17 Å². The van der Waals surface area contributed by atoms with E-state index in [1.54, 1.807) is 0 Å². The molecule has 8 aromatic rings. The minimum absolute atomic E-state index is 0.122. The predicted octanol–water partition coefficient (Wildman–Crippen LogP) is 9.91. The van der Waals surface area contributed by atoms with Gasteiger partial charge in [-0.3, -0.25) is 0 Å². The summed E-state index contributed by atoms with van der Waals surface area (Å²) < 4.78 is 8.65. The number of aromatic nitrogens is 1. The van der Waals surface area contributed by atoms with Gasteiger partial charge in [-0.15, -0.1) is 0 Å². The number of nitrogens with one attached hydrogen (secondary N) is 1. The van der Waals surface area contributed by atoms with Crippen LogP contribution in [0.4, 0.5) is 11.4 Å². The lowest BCUT2D eigenvalue weighted by atomic mass is 10.0. The van der Waals surface area contributed by atoms with Crippen LogP contribution in [0, 0.1) is 0 Å². The van der Waals surface area contributed by atoms with E-state index in [0.29, 0.717) is 0 Å².